The number of benzene rings is 2. The molecule has 2 aromatic carbocycles. The minimum Gasteiger partial charge on any atom is -0.492 e. The first-order valence-corrected chi connectivity index (χ1v) is 10.9. The van der Waals surface area contributed by atoms with Crippen LogP contribution in [0, 0.1) is 5.92 Å². The van der Waals surface area contributed by atoms with Crippen molar-refractivity contribution in [2.45, 2.75) is 38.3 Å². The zero-order valence-electron chi connectivity index (χ0n) is 17.9. The average molecular weight is 445 g/mol. The Hall–Kier alpha value is -2.57. The second-order valence-electron chi connectivity index (χ2n) is 7.81. The van der Waals surface area contributed by atoms with Gasteiger partial charge in [-0.3, -0.25) is 4.79 Å². The van der Waals surface area contributed by atoms with E-state index in [2.05, 4.69) is 10.6 Å². The fourth-order valence-electron chi connectivity index (χ4n) is 3.83. The van der Waals surface area contributed by atoms with Crippen LogP contribution in [0.2, 0.25) is 5.02 Å². The summed E-state index contributed by atoms with van der Waals surface area (Å²) in [5.41, 5.74) is 1.45. The topological polar surface area (TPSA) is 76.7 Å². The van der Waals surface area contributed by atoms with Crippen molar-refractivity contribution in [1.29, 1.82) is 0 Å². The third kappa shape index (κ3) is 6.71. The lowest BCUT2D eigenvalue weighted by atomic mass is 10.0. The van der Waals surface area contributed by atoms with Crippen LogP contribution < -0.4 is 15.4 Å². The van der Waals surface area contributed by atoms with Gasteiger partial charge in [-0.25, -0.2) is 4.79 Å². The highest BCUT2D eigenvalue weighted by Gasteiger charge is 2.30. The number of halogens is 1. The molecule has 0 spiro atoms. The Morgan fingerprint density at radius 2 is 1.94 bits per heavy atom. The lowest BCUT2D eigenvalue weighted by Crippen LogP contribution is -2.34. The molecule has 31 heavy (non-hydrogen) atoms. The Morgan fingerprint density at radius 1 is 1.16 bits per heavy atom. The minimum atomic E-state index is -0.370. The maximum Gasteiger partial charge on any atom is 0.337 e. The number of rotatable bonds is 9. The SMILES string of the molecule is COC(=O)c1ccc([C@H](C)NC(=O)C2CCC(NCCOc3cccc(Cl)c3)C2)cc1. The van der Waals surface area contributed by atoms with Gasteiger partial charge in [-0.2, -0.15) is 0 Å². The Kier molecular flexibility index (Phi) is 8.32. The molecule has 1 fully saturated rings. The van der Waals surface area contributed by atoms with Crippen molar-refractivity contribution in [3.05, 3.63) is 64.7 Å². The third-order valence-electron chi connectivity index (χ3n) is 5.59. The van der Waals surface area contributed by atoms with Gasteiger partial charge >= 0.3 is 5.97 Å². The first kappa shape index (κ1) is 23.1. The van der Waals surface area contributed by atoms with Gasteiger partial charge in [0.1, 0.15) is 12.4 Å². The van der Waals surface area contributed by atoms with Crippen LogP contribution in [-0.4, -0.2) is 38.2 Å². The van der Waals surface area contributed by atoms with Crippen molar-refractivity contribution in [3.63, 3.8) is 0 Å². The molecule has 2 N–H and O–H groups in total. The second kappa shape index (κ2) is 11.2. The number of methoxy groups -OCH3 is 1. The number of ether oxygens (including phenoxy) is 2. The highest BCUT2D eigenvalue weighted by atomic mass is 35.5. The van der Waals surface area contributed by atoms with E-state index in [1.54, 1.807) is 18.2 Å². The molecule has 2 unspecified atom stereocenters. The number of nitrogens with one attached hydrogen (secondary N) is 2. The summed E-state index contributed by atoms with van der Waals surface area (Å²) in [4.78, 5) is 24.2. The smallest absolute Gasteiger partial charge is 0.337 e. The van der Waals surface area contributed by atoms with Crippen LogP contribution in [0.3, 0.4) is 0 Å². The van der Waals surface area contributed by atoms with Crippen LogP contribution in [-0.2, 0) is 9.53 Å². The molecule has 1 aliphatic carbocycles. The average Bonchev–Trinajstić information content (AvgIpc) is 3.25. The Labute approximate surface area is 188 Å². The van der Waals surface area contributed by atoms with E-state index in [4.69, 9.17) is 21.1 Å². The fraction of sp³-hybridized carbons (Fsp3) is 0.417. The van der Waals surface area contributed by atoms with Gasteiger partial charge in [0.25, 0.3) is 0 Å². The molecule has 7 heteroatoms. The van der Waals surface area contributed by atoms with E-state index < -0.39 is 0 Å². The van der Waals surface area contributed by atoms with E-state index >= 15 is 0 Å². The molecule has 1 amide bonds. The van der Waals surface area contributed by atoms with E-state index in [0.29, 0.717) is 29.8 Å². The molecular formula is C24H29ClN2O4. The van der Waals surface area contributed by atoms with Crippen LogP contribution in [0.25, 0.3) is 0 Å². The van der Waals surface area contributed by atoms with Crippen LogP contribution in [0.4, 0.5) is 0 Å². The maximum atomic E-state index is 12.7. The minimum absolute atomic E-state index is 0.00291. The van der Waals surface area contributed by atoms with Crippen LogP contribution in [0.15, 0.2) is 48.5 Å². The molecular weight excluding hydrogens is 416 g/mol. The summed E-state index contributed by atoms with van der Waals surface area (Å²) in [6.07, 6.45) is 2.65. The summed E-state index contributed by atoms with van der Waals surface area (Å²) >= 11 is 5.96. The summed E-state index contributed by atoms with van der Waals surface area (Å²) < 4.78 is 10.4. The van der Waals surface area contributed by atoms with Gasteiger partial charge in [0.05, 0.1) is 18.7 Å². The molecule has 2 aromatic rings. The van der Waals surface area contributed by atoms with Crippen molar-refractivity contribution >= 4 is 23.5 Å². The van der Waals surface area contributed by atoms with Gasteiger partial charge in [-0.05, 0) is 62.1 Å². The summed E-state index contributed by atoms with van der Waals surface area (Å²) in [6.45, 7) is 3.21. The van der Waals surface area contributed by atoms with Gasteiger partial charge in [-0.15, -0.1) is 0 Å². The van der Waals surface area contributed by atoms with E-state index in [9.17, 15) is 9.59 Å². The van der Waals surface area contributed by atoms with Crippen molar-refractivity contribution in [1.82, 2.24) is 10.6 Å². The Balaban J connectivity index is 1.39. The highest BCUT2D eigenvalue weighted by molar-refractivity contribution is 6.30. The molecule has 3 rings (SSSR count). The molecule has 0 aromatic heterocycles. The van der Waals surface area contributed by atoms with Crippen molar-refractivity contribution in [3.8, 4) is 5.75 Å². The van der Waals surface area contributed by atoms with Crippen LogP contribution >= 0.6 is 11.6 Å². The maximum absolute atomic E-state index is 12.7. The molecule has 1 aliphatic rings. The molecule has 166 valence electrons. The number of amides is 1. The Bertz CT molecular complexity index is 887. The summed E-state index contributed by atoms with van der Waals surface area (Å²) in [7, 11) is 1.36. The summed E-state index contributed by atoms with van der Waals surface area (Å²) in [5.74, 6) is 0.462. The monoisotopic (exact) mass is 444 g/mol. The predicted molar refractivity (Wildman–Crippen MR) is 120 cm³/mol. The lowest BCUT2D eigenvalue weighted by Gasteiger charge is -2.18. The standard InChI is InChI=1S/C24H29ClN2O4/c1-16(17-6-8-18(9-7-17)24(29)30-2)27-23(28)19-10-11-21(14-19)26-12-13-31-22-5-3-4-20(25)15-22/h3-9,15-16,19,21,26H,10-14H2,1-2H3,(H,27,28)/t16-,19?,21?/m0/s1. The van der Waals surface area contributed by atoms with Crippen molar-refractivity contribution < 1.29 is 19.1 Å². The van der Waals surface area contributed by atoms with Crippen molar-refractivity contribution in [2.75, 3.05) is 20.3 Å². The number of carbonyl (C=O) groups is 2. The molecule has 3 atom stereocenters. The summed E-state index contributed by atoms with van der Waals surface area (Å²) in [6, 6.07) is 14.6. The lowest BCUT2D eigenvalue weighted by molar-refractivity contribution is -0.125. The van der Waals surface area contributed by atoms with Gasteiger partial charge in [-0.1, -0.05) is 29.8 Å². The Morgan fingerprint density at radius 3 is 2.65 bits per heavy atom. The molecule has 0 bridgehead atoms. The second-order valence-corrected chi connectivity index (χ2v) is 8.25. The first-order valence-electron chi connectivity index (χ1n) is 10.6. The van der Waals surface area contributed by atoms with Gasteiger partial charge in [0.2, 0.25) is 5.91 Å². The van der Waals surface area contributed by atoms with Gasteiger partial charge in [0, 0.05) is 23.5 Å². The normalized spacial score (nSPS) is 18.9. The third-order valence-corrected chi connectivity index (χ3v) is 5.83. The van der Waals surface area contributed by atoms with E-state index in [-0.39, 0.29) is 23.8 Å². The number of carbonyl (C=O) groups excluding carboxylic acids is 2. The number of hydrogen-bond acceptors (Lipinski definition) is 5. The van der Waals surface area contributed by atoms with E-state index in [0.717, 1.165) is 30.6 Å². The molecule has 0 saturated heterocycles. The van der Waals surface area contributed by atoms with Crippen molar-refractivity contribution in [2.24, 2.45) is 5.92 Å². The quantitative estimate of drug-likeness (QED) is 0.449. The van der Waals surface area contributed by atoms with Gasteiger partial charge < -0.3 is 20.1 Å². The molecule has 0 radical (unpaired) electrons. The number of hydrogen-bond donors (Lipinski definition) is 2. The molecule has 1 saturated carbocycles. The first-order chi connectivity index (χ1) is 15.0. The fourth-order valence-corrected chi connectivity index (χ4v) is 4.01. The van der Waals surface area contributed by atoms with E-state index in [1.165, 1.54) is 7.11 Å². The molecule has 0 aliphatic heterocycles. The zero-order valence-corrected chi connectivity index (χ0v) is 18.7. The summed E-state index contributed by atoms with van der Waals surface area (Å²) in [5, 5.41) is 7.23. The largest absolute Gasteiger partial charge is 0.492 e. The van der Waals surface area contributed by atoms with Gasteiger partial charge in [0.15, 0.2) is 0 Å². The zero-order chi connectivity index (χ0) is 22.2. The highest BCUT2D eigenvalue weighted by Crippen LogP contribution is 2.27. The molecule has 0 heterocycles. The predicted octanol–water partition coefficient (Wildman–Crippen LogP) is 4.14. The number of esters is 1. The van der Waals surface area contributed by atoms with Crippen LogP contribution in [0.1, 0.15) is 48.1 Å². The van der Waals surface area contributed by atoms with Crippen LogP contribution in [0.5, 0.6) is 5.75 Å². The molecule has 6 nitrogen and oxygen atoms in total. The van der Waals surface area contributed by atoms with E-state index in [1.807, 2.05) is 37.3 Å².